The zero-order valence-electron chi connectivity index (χ0n) is 43.1. The molecule has 0 saturated heterocycles. The molecule has 4 bridgehead atoms. The molecule has 6 aliphatic rings. The molecule has 4 aliphatic carbocycles. The highest BCUT2D eigenvalue weighted by molar-refractivity contribution is 6.99. The van der Waals surface area contributed by atoms with Gasteiger partial charge in [-0.15, -0.1) is 10.2 Å². The van der Waals surface area contributed by atoms with E-state index in [0.717, 1.165) is 79.9 Å². The molecule has 0 atom stereocenters. The fourth-order valence-electron chi connectivity index (χ4n) is 13.8. The minimum Gasteiger partial charge on any atom is -0.458 e. The Balaban J connectivity index is 1.01. The van der Waals surface area contributed by atoms with Crippen LogP contribution in [0.3, 0.4) is 0 Å². The minimum absolute atomic E-state index is 0.0442. The van der Waals surface area contributed by atoms with Gasteiger partial charge in [-0.25, -0.2) is 0 Å². The molecule has 4 fully saturated rings. The molecule has 0 N–H and O–H groups in total. The van der Waals surface area contributed by atoms with Crippen LogP contribution >= 0.6 is 0 Å². The number of hydrogen-bond acceptors (Lipinski definition) is 5. The Bertz CT molecular complexity index is 3280. The van der Waals surface area contributed by atoms with E-state index in [2.05, 4.69) is 218 Å². The molecular formula is C64H66BN5O. The molecule has 14 rings (SSSR count). The lowest BCUT2D eigenvalue weighted by Gasteiger charge is -2.57. The third-order valence-electron chi connectivity index (χ3n) is 17.1. The first-order valence-corrected chi connectivity index (χ1v) is 26.3. The van der Waals surface area contributed by atoms with Crippen molar-refractivity contribution in [2.45, 2.75) is 122 Å². The molecule has 71 heavy (non-hydrogen) atoms. The number of anilines is 6. The van der Waals surface area contributed by atoms with Crippen LogP contribution in [0.25, 0.3) is 16.7 Å². The number of hydrogen-bond donors (Lipinski definition) is 0. The monoisotopic (exact) mass is 932 g/mol. The predicted molar refractivity (Wildman–Crippen MR) is 295 cm³/mol. The van der Waals surface area contributed by atoms with E-state index in [1.54, 1.807) is 0 Å². The Labute approximate surface area is 421 Å². The summed E-state index contributed by atoms with van der Waals surface area (Å²) in [5, 5.41) is 10.4. The molecule has 7 aromatic carbocycles. The zero-order valence-corrected chi connectivity index (χ0v) is 43.1. The van der Waals surface area contributed by atoms with E-state index in [0.29, 0.717) is 0 Å². The summed E-state index contributed by atoms with van der Waals surface area (Å²) in [5.74, 6) is 4.33. The fraction of sp³-hybridized carbons (Fsp3) is 0.344. The van der Waals surface area contributed by atoms with Crippen molar-refractivity contribution in [2.24, 2.45) is 17.8 Å². The van der Waals surface area contributed by atoms with Crippen LogP contribution in [-0.4, -0.2) is 21.7 Å². The van der Waals surface area contributed by atoms with Gasteiger partial charge in [0.15, 0.2) is 0 Å². The molecule has 6 nitrogen and oxygen atoms in total. The number of nitrogens with zero attached hydrogens (tertiary/aromatic N) is 5. The van der Waals surface area contributed by atoms with Gasteiger partial charge >= 0.3 is 0 Å². The highest BCUT2D eigenvalue weighted by Crippen LogP contribution is 2.61. The number of benzene rings is 7. The molecular weight excluding hydrogens is 866 g/mol. The number of fused-ring (bicyclic) bond motifs is 5. The molecule has 8 aromatic rings. The second kappa shape index (κ2) is 15.7. The standard InChI is InChI=1S/C64H66BN5O/c1-61(2,3)43-15-21-48(22-16-43)68(49-23-17-44(18-24-49)62(4,5)6)51-27-28-52-58(34-51)71-59-33-46(64-37-40-29-41(38-64)31-42(30-40)39-64)32-57-60(59)65(52)53-35-54-55(36-56(53)69(57)47-13-11-10-12-14-47)67-70(66-54)50-25-19-45(20-26-50)63(7,8)9/h10-28,32-36,40-42H,29-31,37-39H2,1-9H3. The van der Waals surface area contributed by atoms with Crippen LogP contribution in [-0.2, 0) is 21.7 Å². The number of rotatable bonds is 6. The lowest BCUT2D eigenvalue weighted by atomic mass is 9.34. The van der Waals surface area contributed by atoms with Gasteiger partial charge in [0.25, 0.3) is 6.71 Å². The van der Waals surface area contributed by atoms with E-state index in [4.69, 9.17) is 14.9 Å². The van der Waals surface area contributed by atoms with Gasteiger partial charge in [0, 0.05) is 40.2 Å². The van der Waals surface area contributed by atoms with Crippen molar-refractivity contribution < 1.29 is 4.74 Å². The molecule has 1 aromatic heterocycles. The summed E-state index contributed by atoms with van der Waals surface area (Å²) in [6.07, 6.45) is 8.05. The second-order valence-electron chi connectivity index (χ2n) is 25.1. The minimum atomic E-state index is -0.0932. The van der Waals surface area contributed by atoms with Crippen LogP contribution < -0.4 is 30.9 Å². The van der Waals surface area contributed by atoms with Gasteiger partial charge in [-0.2, -0.15) is 4.80 Å². The quantitative estimate of drug-likeness (QED) is 0.156. The maximum atomic E-state index is 7.52. The van der Waals surface area contributed by atoms with Crippen molar-refractivity contribution >= 4 is 68.3 Å². The molecule has 4 saturated carbocycles. The first-order valence-electron chi connectivity index (χ1n) is 26.3. The van der Waals surface area contributed by atoms with Gasteiger partial charge in [-0.3, -0.25) is 0 Å². The van der Waals surface area contributed by atoms with Crippen LogP contribution in [0.5, 0.6) is 11.5 Å². The van der Waals surface area contributed by atoms with Crippen LogP contribution in [0, 0.1) is 17.8 Å². The van der Waals surface area contributed by atoms with E-state index in [-0.39, 0.29) is 28.4 Å². The summed E-state index contributed by atoms with van der Waals surface area (Å²) in [4.78, 5) is 6.73. The van der Waals surface area contributed by atoms with Crippen molar-refractivity contribution in [1.82, 2.24) is 15.0 Å². The lowest BCUT2D eigenvalue weighted by molar-refractivity contribution is -0.00522. The van der Waals surface area contributed by atoms with Gasteiger partial charge in [0.05, 0.1) is 5.69 Å². The third-order valence-corrected chi connectivity index (χ3v) is 17.1. The van der Waals surface area contributed by atoms with Gasteiger partial charge in [-0.1, -0.05) is 123 Å². The Kier molecular flexibility index (Phi) is 9.81. The second-order valence-corrected chi connectivity index (χ2v) is 25.1. The van der Waals surface area contributed by atoms with E-state index in [9.17, 15) is 0 Å². The van der Waals surface area contributed by atoms with Crippen molar-refractivity contribution in [2.75, 3.05) is 9.80 Å². The van der Waals surface area contributed by atoms with Gasteiger partial charge in [0.1, 0.15) is 22.5 Å². The van der Waals surface area contributed by atoms with E-state index in [1.807, 2.05) is 4.80 Å². The third kappa shape index (κ3) is 7.43. The van der Waals surface area contributed by atoms with Crippen molar-refractivity contribution in [3.8, 4) is 17.2 Å². The molecule has 7 heteroatoms. The largest absolute Gasteiger partial charge is 0.458 e. The summed E-state index contributed by atoms with van der Waals surface area (Å²) < 4.78 is 7.52. The molecule has 0 amide bonds. The highest BCUT2D eigenvalue weighted by atomic mass is 16.5. The van der Waals surface area contributed by atoms with Crippen LogP contribution in [0.1, 0.15) is 123 Å². The summed E-state index contributed by atoms with van der Waals surface area (Å²) in [5.41, 5.74) is 18.8. The smallest absolute Gasteiger partial charge is 0.256 e. The molecule has 3 heterocycles. The first kappa shape index (κ1) is 44.4. The van der Waals surface area contributed by atoms with E-state index < -0.39 is 0 Å². The van der Waals surface area contributed by atoms with Crippen molar-refractivity contribution in [3.63, 3.8) is 0 Å². The average Bonchev–Trinajstić information content (AvgIpc) is 3.76. The average molecular weight is 932 g/mol. The first-order chi connectivity index (χ1) is 34.0. The van der Waals surface area contributed by atoms with Crippen molar-refractivity contribution in [3.05, 3.63) is 168 Å². The van der Waals surface area contributed by atoms with Crippen LogP contribution in [0.4, 0.5) is 34.1 Å². The maximum Gasteiger partial charge on any atom is 0.256 e. The normalized spacial score (nSPS) is 20.9. The van der Waals surface area contributed by atoms with Crippen molar-refractivity contribution in [1.29, 1.82) is 0 Å². The van der Waals surface area contributed by atoms with Gasteiger partial charge < -0.3 is 14.5 Å². The molecule has 0 spiro atoms. The topological polar surface area (TPSA) is 46.4 Å². The fourth-order valence-corrected chi connectivity index (χ4v) is 13.8. The molecule has 356 valence electrons. The molecule has 0 unspecified atom stereocenters. The number of para-hydroxylation sites is 1. The van der Waals surface area contributed by atoms with Crippen LogP contribution in [0.2, 0.25) is 0 Å². The molecule has 2 aliphatic heterocycles. The predicted octanol–water partition coefficient (Wildman–Crippen LogP) is 14.7. The Morgan fingerprint density at radius 3 is 1.58 bits per heavy atom. The Morgan fingerprint density at radius 2 is 1.03 bits per heavy atom. The summed E-state index contributed by atoms with van der Waals surface area (Å²) in [7, 11) is 0. The maximum absolute atomic E-state index is 7.52. The SMILES string of the molecule is CC(C)(C)c1ccc(N(c2ccc(C(C)(C)C)cc2)c2ccc3c(c2)Oc2cc(C45CC6CC(CC(C6)C4)C5)cc4c2B3c2cc3nn(-c5ccc(C(C)(C)C)cc5)nc3cc2N4c2ccccc2)cc1. The lowest BCUT2D eigenvalue weighted by Crippen LogP contribution is -2.59. The number of ether oxygens (including phenoxy) is 1. The van der Waals surface area contributed by atoms with Gasteiger partial charge in [-0.05, 0) is 195 Å². The Morgan fingerprint density at radius 1 is 0.507 bits per heavy atom. The number of aromatic nitrogens is 3. The summed E-state index contributed by atoms with van der Waals surface area (Å²) in [6.45, 7) is 20.4. The van der Waals surface area contributed by atoms with Crippen LogP contribution in [0.15, 0.2) is 146 Å². The Hall–Kier alpha value is -6.60. The highest BCUT2D eigenvalue weighted by Gasteiger charge is 2.53. The summed E-state index contributed by atoms with van der Waals surface area (Å²) in [6, 6.07) is 54.7. The van der Waals surface area contributed by atoms with Gasteiger partial charge in [0.2, 0.25) is 0 Å². The molecule has 0 radical (unpaired) electrons. The van der Waals surface area contributed by atoms with E-state index in [1.165, 1.54) is 77.4 Å². The van der Waals surface area contributed by atoms with E-state index >= 15 is 0 Å². The zero-order chi connectivity index (χ0) is 48.8. The summed E-state index contributed by atoms with van der Waals surface area (Å²) >= 11 is 0.